The fourth-order valence-electron chi connectivity index (χ4n) is 3.64. The molecule has 1 fully saturated rings. The van der Waals surface area contributed by atoms with Gasteiger partial charge in [0.25, 0.3) is 5.91 Å². The molecule has 1 aliphatic carbocycles. The summed E-state index contributed by atoms with van der Waals surface area (Å²) in [6.45, 7) is 0. The second kappa shape index (κ2) is 7.08. The van der Waals surface area contributed by atoms with Crippen molar-refractivity contribution < 1.29 is 13.2 Å². The Bertz CT molecular complexity index is 953. The number of benzene rings is 2. The van der Waals surface area contributed by atoms with Crippen molar-refractivity contribution in [3.05, 3.63) is 59.2 Å². The number of carbonyl (C=O) groups is 1. The molecule has 4 rings (SSSR count). The van der Waals surface area contributed by atoms with Crippen LogP contribution in [0, 0.1) is 0 Å². The van der Waals surface area contributed by atoms with Crippen LogP contribution in [0.4, 0.5) is 5.69 Å². The monoisotopic (exact) mass is 387 g/mol. The average molecular weight is 388 g/mol. The van der Waals surface area contributed by atoms with Gasteiger partial charge in [0.1, 0.15) is 0 Å². The Balaban J connectivity index is 1.51. The molecule has 1 aliphatic heterocycles. The van der Waals surface area contributed by atoms with E-state index in [1.807, 2.05) is 24.3 Å². The second-order valence-electron chi connectivity index (χ2n) is 6.93. The Morgan fingerprint density at radius 2 is 1.88 bits per heavy atom. The molecular weight excluding hydrogens is 366 g/mol. The first-order chi connectivity index (χ1) is 12.5. The highest BCUT2D eigenvalue weighted by molar-refractivity contribution is 8.02. The van der Waals surface area contributed by atoms with Crippen molar-refractivity contribution in [2.24, 2.45) is 0 Å². The number of hydrogen-bond donors (Lipinski definition) is 1. The number of sulfone groups is 1. The van der Waals surface area contributed by atoms with Crippen LogP contribution >= 0.6 is 11.8 Å². The van der Waals surface area contributed by atoms with Gasteiger partial charge in [0.05, 0.1) is 17.1 Å². The fraction of sp³-hybridized carbons (Fsp3) is 0.350. The molecule has 4 nitrogen and oxygen atoms in total. The summed E-state index contributed by atoms with van der Waals surface area (Å²) in [4.78, 5) is 13.6. The fourth-order valence-corrected chi connectivity index (χ4v) is 7.26. The van der Waals surface area contributed by atoms with Gasteiger partial charge in [-0.3, -0.25) is 4.79 Å². The second-order valence-corrected chi connectivity index (χ2v) is 10.5. The van der Waals surface area contributed by atoms with Gasteiger partial charge in [-0.25, -0.2) is 8.42 Å². The lowest BCUT2D eigenvalue weighted by Crippen LogP contribution is -2.14. The number of fused-ring (bicyclic) bond motifs is 1. The minimum atomic E-state index is -2.92. The predicted octanol–water partition coefficient (Wildman–Crippen LogP) is 3.71. The van der Waals surface area contributed by atoms with Crippen LogP contribution in [0.2, 0.25) is 0 Å². The Labute approximate surface area is 158 Å². The van der Waals surface area contributed by atoms with E-state index in [-0.39, 0.29) is 22.7 Å². The van der Waals surface area contributed by atoms with E-state index in [1.165, 1.54) is 29.3 Å². The molecule has 1 heterocycles. The molecule has 1 unspecified atom stereocenters. The third kappa shape index (κ3) is 3.81. The van der Waals surface area contributed by atoms with Crippen LogP contribution in [0.25, 0.3) is 0 Å². The van der Waals surface area contributed by atoms with Crippen molar-refractivity contribution in [1.29, 1.82) is 0 Å². The van der Waals surface area contributed by atoms with Crippen LogP contribution in [0.5, 0.6) is 0 Å². The Kier molecular flexibility index (Phi) is 4.80. The third-order valence-electron chi connectivity index (χ3n) is 4.97. The van der Waals surface area contributed by atoms with E-state index in [9.17, 15) is 13.2 Å². The van der Waals surface area contributed by atoms with Gasteiger partial charge in [-0.05, 0) is 61.1 Å². The van der Waals surface area contributed by atoms with E-state index in [2.05, 4.69) is 17.4 Å². The summed E-state index contributed by atoms with van der Waals surface area (Å²) in [5.74, 6) is 0.291. The minimum absolute atomic E-state index is 0.0222. The highest BCUT2D eigenvalue weighted by atomic mass is 32.2. The maximum absolute atomic E-state index is 12.8. The molecule has 136 valence electrons. The number of amides is 1. The lowest BCUT2D eigenvalue weighted by molar-refractivity contribution is 0.102. The molecule has 6 heteroatoms. The Morgan fingerprint density at radius 3 is 2.69 bits per heavy atom. The number of thioether (sulfide) groups is 1. The van der Waals surface area contributed by atoms with Gasteiger partial charge in [-0.15, -0.1) is 11.8 Å². The number of hydrogen-bond acceptors (Lipinski definition) is 4. The molecule has 2 aromatic rings. The van der Waals surface area contributed by atoms with Crippen molar-refractivity contribution >= 4 is 33.2 Å². The Hall–Kier alpha value is -1.79. The summed E-state index contributed by atoms with van der Waals surface area (Å²) < 4.78 is 23.4. The number of aryl methyl sites for hydroxylation is 2. The van der Waals surface area contributed by atoms with Crippen LogP contribution in [0.3, 0.4) is 0 Å². The molecule has 0 saturated carbocycles. The molecule has 1 amide bonds. The first-order valence-corrected chi connectivity index (χ1v) is 11.6. The maximum Gasteiger partial charge on any atom is 0.256 e. The quantitative estimate of drug-likeness (QED) is 0.869. The molecule has 0 spiro atoms. The lowest BCUT2D eigenvalue weighted by atomic mass is 10.1. The maximum atomic E-state index is 12.8. The van der Waals surface area contributed by atoms with Crippen molar-refractivity contribution in [2.75, 3.05) is 16.8 Å². The van der Waals surface area contributed by atoms with E-state index in [0.717, 1.165) is 23.4 Å². The van der Waals surface area contributed by atoms with Crippen LogP contribution in [-0.2, 0) is 22.7 Å². The van der Waals surface area contributed by atoms with Gasteiger partial charge in [0.15, 0.2) is 9.84 Å². The summed E-state index contributed by atoms with van der Waals surface area (Å²) >= 11 is 1.50. The average Bonchev–Trinajstić information content (AvgIpc) is 3.20. The molecule has 0 radical (unpaired) electrons. The highest BCUT2D eigenvalue weighted by Gasteiger charge is 2.29. The van der Waals surface area contributed by atoms with Crippen molar-refractivity contribution in [2.45, 2.75) is 35.8 Å². The molecule has 2 aliphatic rings. The molecular formula is C20H21NO3S2. The number of rotatable bonds is 4. The zero-order chi connectivity index (χ0) is 18.1. The first-order valence-electron chi connectivity index (χ1n) is 8.89. The van der Waals surface area contributed by atoms with Crippen molar-refractivity contribution in [3.63, 3.8) is 0 Å². The number of carbonyl (C=O) groups excluding carboxylic acids is 1. The third-order valence-corrected chi connectivity index (χ3v) is 8.30. The normalized spacial score (nSPS) is 20.7. The van der Waals surface area contributed by atoms with Gasteiger partial charge < -0.3 is 5.32 Å². The summed E-state index contributed by atoms with van der Waals surface area (Å²) in [6.07, 6.45) is 4.01. The van der Waals surface area contributed by atoms with Crippen LogP contribution in [0.1, 0.15) is 34.3 Å². The topological polar surface area (TPSA) is 63.2 Å². The van der Waals surface area contributed by atoms with Gasteiger partial charge in [0, 0.05) is 15.8 Å². The van der Waals surface area contributed by atoms with E-state index in [4.69, 9.17) is 0 Å². The van der Waals surface area contributed by atoms with Crippen molar-refractivity contribution in [3.8, 4) is 0 Å². The molecule has 1 atom stereocenters. The first kappa shape index (κ1) is 17.6. The minimum Gasteiger partial charge on any atom is -0.322 e. The van der Waals surface area contributed by atoms with Crippen molar-refractivity contribution in [1.82, 2.24) is 0 Å². The molecule has 26 heavy (non-hydrogen) atoms. The molecule has 1 N–H and O–H groups in total. The zero-order valence-electron chi connectivity index (χ0n) is 14.4. The molecule has 1 saturated heterocycles. The van der Waals surface area contributed by atoms with Crippen LogP contribution in [0.15, 0.2) is 47.4 Å². The lowest BCUT2D eigenvalue weighted by Gasteiger charge is -2.13. The van der Waals surface area contributed by atoms with Gasteiger partial charge in [0.2, 0.25) is 0 Å². The molecule has 0 bridgehead atoms. The van der Waals surface area contributed by atoms with Crippen LogP contribution in [-0.4, -0.2) is 31.1 Å². The zero-order valence-corrected chi connectivity index (χ0v) is 16.0. The van der Waals surface area contributed by atoms with E-state index in [0.29, 0.717) is 12.0 Å². The summed E-state index contributed by atoms with van der Waals surface area (Å²) in [7, 11) is -2.92. The summed E-state index contributed by atoms with van der Waals surface area (Å²) in [5, 5.41) is 3.02. The van der Waals surface area contributed by atoms with Gasteiger partial charge in [-0.1, -0.05) is 18.2 Å². The van der Waals surface area contributed by atoms with Gasteiger partial charge >= 0.3 is 0 Å². The van der Waals surface area contributed by atoms with Crippen LogP contribution < -0.4 is 5.32 Å². The largest absolute Gasteiger partial charge is 0.322 e. The van der Waals surface area contributed by atoms with E-state index in [1.54, 1.807) is 6.07 Å². The van der Waals surface area contributed by atoms with E-state index >= 15 is 0 Å². The molecule has 2 aromatic carbocycles. The summed E-state index contributed by atoms with van der Waals surface area (Å²) in [6, 6.07) is 13.6. The molecule has 0 aromatic heterocycles. The number of nitrogens with one attached hydrogen (secondary N) is 1. The number of anilines is 1. The smallest absolute Gasteiger partial charge is 0.256 e. The SMILES string of the molecule is O=C(Nc1ccc2c(c1)CCC2)c1ccccc1SC1CCS(=O)(=O)C1. The van der Waals surface area contributed by atoms with E-state index < -0.39 is 9.84 Å². The standard InChI is InChI=1S/C20H21NO3S2/c22-20(21-16-9-8-14-4-3-5-15(14)12-16)18-6-1-2-7-19(18)25-17-10-11-26(23,24)13-17/h1-2,6-9,12,17H,3-5,10-11,13H2,(H,21,22). The van der Waals surface area contributed by atoms with Gasteiger partial charge in [-0.2, -0.15) is 0 Å². The highest BCUT2D eigenvalue weighted by Crippen LogP contribution is 2.33. The predicted molar refractivity (Wildman–Crippen MR) is 106 cm³/mol. The Morgan fingerprint density at radius 1 is 1.08 bits per heavy atom. The summed E-state index contributed by atoms with van der Waals surface area (Å²) in [5.41, 5.74) is 4.12.